The first-order chi connectivity index (χ1) is 10.5. The van der Waals surface area contributed by atoms with Crippen LogP contribution < -0.4 is 10.2 Å². The summed E-state index contributed by atoms with van der Waals surface area (Å²) in [6.07, 6.45) is 0.843. The zero-order valence-corrected chi connectivity index (χ0v) is 12.5. The van der Waals surface area contributed by atoms with Gasteiger partial charge in [0, 0.05) is 0 Å². The van der Waals surface area contributed by atoms with E-state index in [4.69, 9.17) is 4.74 Å². The lowest BCUT2D eigenvalue weighted by atomic mass is 10.2. The maximum absolute atomic E-state index is 11.9. The standard InChI is InChI=1S/C17H18N2O3/c1-12-4-3-5-16(10-12)22-13(2)17(21)19-18-11-14-6-8-15(20)9-7-14/h3-11,13,20H,1-2H3,(H,19,21)/b18-11+/t13-/m0/s1. The average Bonchev–Trinajstić information content (AvgIpc) is 2.49. The van der Waals surface area contributed by atoms with Crippen molar-refractivity contribution >= 4 is 12.1 Å². The summed E-state index contributed by atoms with van der Waals surface area (Å²) in [5, 5.41) is 13.0. The number of rotatable bonds is 5. The van der Waals surface area contributed by atoms with E-state index < -0.39 is 6.10 Å². The van der Waals surface area contributed by atoms with E-state index in [-0.39, 0.29) is 11.7 Å². The van der Waals surface area contributed by atoms with Crippen LogP contribution in [0.25, 0.3) is 0 Å². The Hall–Kier alpha value is -2.82. The predicted molar refractivity (Wildman–Crippen MR) is 85.1 cm³/mol. The van der Waals surface area contributed by atoms with Gasteiger partial charge in [-0.1, -0.05) is 12.1 Å². The van der Waals surface area contributed by atoms with E-state index in [1.54, 1.807) is 37.3 Å². The molecule has 5 nitrogen and oxygen atoms in total. The normalized spacial score (nSPS) is 12.1. The first-order valence-corrected chi connectivity index (χ1v) is 6.90. The number of hydrogen-bond donors (Lipinski definition) is 2. The highest BCUT2D eigenvalue weighted by Gasteiger charge is 2.13. The molecule has 22 heavy (non-hydrogen) atoms. The highest BCUT2D eigenvalue weighted by Crippen LogP contribution is 2.14. The number of hydrazone groups is 1. The van der Waals surface area contributed by atoms with Crippen molar-refractivity contribution in [1.82, 2.24) is 5.43 Å². The Morgan fingerprint density at radius 2 is 2.00 bits per heavy atom. The number of hydrogen-bond acceptors (Lipinski definition) is 4. The van der Waals surface area contributed by atoms with Crippen LogP contribution in [0.3, 0.4) is 0 Å². The Bertz CT molecular complexity index is 666. The van der Waals surface area contributed by atoms with Gasteiger partial charge in [0.1, 0.15) is 11.5 Å². The van der Waals surface area contributed by atoms with Gasteiger partial charge in [-0.25, -0.2) is 5.43 Å². The van der Waals surface area contributed by atoms with Crippen LogP contribution in [0.5, 0.6) is 11.5 Å². The van der Waals surface area contributed by atoms with Gasteiger partial charge in [-0.15, -0.1) is 0 Å². The van der Waals surface area contributed by atoms with Gasteiger partial charge in [0.2, 0.25) is 0 Å². The Balaban J connectivity index is 1.87. The van der Waals surface area contributed by atoms with Crippen LogP contribution in [-0.2, 0) is 4.79 Å². The monoisotopic (exact) mass is 298 g/mol. The number of carbonyl (C=O) groups excluding carboxylic acids is 1. The van der Waals surface area contributed by atoms with E-state index >= 15 is 0 Å². The summed E-state index contributed by atoms with van der Waals surface area (Å²) in [6, 6.07) is 14.0. The number of aryl methyl sites for hydroxylation is 1. The summed E-state index contributed by atoms with van der Waals surface area (Å²) in [7, 11) is 0. The van der Waals surface area contributed by atoms with E-state index in [2.05, 4.69) is 10.5 Å². The summed E-state index contributed by atoms with van der Waals surface area (Å²) in [4.78, 5) is 11.9. The first-order valence-electron chi connectivity index (χ1n) is 6.90. The fourth-order valence-electron chi connectivity index (χ4n) is 1.77. The van der Waals surface area contributed by atoms with Gasteiger partial charge in [-0.3, -0.25) is 4.79 Å². The van der Waals surface area contributed by atoms with Gasteiger partial charge in [0.05, 0.1) is 6.21 Å². The molecule has 1 atom stereocenters. The van der Waals surface area contributed by atoms with Crippen molar-refractivity contribution in [3.05, 3.63) is 59.7 Å². The lowest BCUT2D eigenvalue weighted by Gasteiger charge is -2.13. The molecule has 0 radical (unpaired) electrons. The third kappa shape index (κ3) is 4.63. The largest absolute Gasteiger partial charge is 0.508 e. The molecule has 0 heterocycles. The molecule has 0 unspecified atom stereocenters. The molecule has 0 saturated heterocycles. The van der Waals surface area contributed by atoms with Crippen LogP contribution in [-0.4, -0.2) is 23.3 Å². The number of benzene rings is 2. The molecule has 0 aromatic heterocycles. The zero-order chi connectivity index (χ0) is 15.9. The molecule has 5 heteroatoms. The second-order valence-corrected chi connectivity index (χ2v) is 4.90. The number of phenols is 1. The lowest BCUT2D eigenvalue weighted by Crippen LogP contribution is -2.33. The Labute approximate surface area is 129 Å². The van der Waals surface area contributed by atoms with Crippen LogP contribution in [0.15, 0.2) is 53.6 Å². The highest BCUT2D eigenvalue weighted by atomic mass is 16.5. The minimum Gasteiger partial charge on any atom is -0.508 e. The molecule has 0 fully saturated rings. The molecule has 2 N–H and O–H groups in total. The number of nitrogens with one attached hydrogen (secondary N) is 1. The third-order valence-corrected chi connectivity index (χ3v) is 2.95. The van der Waals surface area contributed by atoms with E-state index in [1.165, 1.54) is 6.21 Å². The van der Waals surface area contributed by atoms with E-state index in [1.807, 2.05) is 25.1 Å². The fourth-order valence-corrected chi connectivity index (χ4v) is 1.77. The van der Waals surface area contributed by atoms with Crippen LogP contribution in [0.1, 0.15) is 18.1 Å². The molecule has 2 rings (SSSR count). The molecule has 0 aliphatic rings. The highest BCUT2D eigenvalue weighted by molar-refractivity contribution is 5.84. The van der Waals surface area contributed by atoms with E-state index in [0.717, 1.165) is 11.1 Å². The van der Waals surface area contributed by atoms with Crippen LogP contribution in [0.2, 0.25) is 0 Å². The van der Waals surface area contributed by atoms with E-state index in [0.29, 0.717) is 5.75 Å². The van der Waals surface area contributed by atoms with Gasteiger partial charge >= 0.3 is 0 Å². The van der Waals surface area contributed by atoms with Gasteiger partial charge in [-0.05, 0) is 61.4 Å². The van der Waals surface area contributed by atoms with Gasteiger partial charge in [0.15, 0.2) is 6.10 Å². The number of carbonyl (C=O) groups is 1. The Morgan fingerprint density at radius 3 is 2.68 bits per heavy atom. The fraction of sp³-hybridized carbons (Fsp3) is 0.176. The molecular weight excluding hydrogens is 280 g/mol. The second kappa shape index (κ2) is 7.26. The topological polar surface area (TPSA) is 70.9 Å². The van der Waals surface area contributed by atoms with Crippen LogP contribution in [0.4, 0.5) is 0 Å². The molecule has 1 amide bonds. The average molecular weight is 298 g/mol. The van der Waals surface area contributed by atoms with Crippen molar-refractivity contribution in [2.75, 3.05) is 0 Å². The minimum atomic E-state index is -0.654. The van der Waals surface area contributed by atoms with Crippen LogP contribution in [0, 0.1) is 6.92 Å². The number of nitrogens with zero attached hydrogens (tertiary/aromatic N) is 1. The molecule has 0 bridgehead atoms. The smallest absolute Gasteiger partial charge is 0.280 e. The van der Waals surface area contributed by atoms with Crippen molar-refractivity contribution < 1.29 is 14.6 Å². The maximum Gasteiger partial charge on any atom is 0.280 e. The molecule has 0 aliphatic carbocycles. The zero-order valence-electron chi connectivity index (χ0n) is 12.5. The lowest BCUT2D eigenvalue weighted by molar-refractivity contribution is -0.127. The van der Waals surface area contributed by atoms with Gasteiger partial charge in [0.25, 0.3) is 5.91 Å². The van der Waals surface area contributed by atoms with Crippen molar-refractivity contribution in [2.45, 2.75) is 20.0 Å². The molecular formula is C17H18N2O3. The van der Waals surface area contributed by atoms with Crippen molar-refractivity contribution in [1.29, 1.82) is 0 Å². The summed E-state index contributed by atoms with van der Waals surface area (Å²) in [5.74, 6) is 0.489. The van der Waals surface area contributed by atoms with Crippen molar-refractivity contribution in [2.24, 2.45) is 5.10 Å². The van der Waals surface area contributed by atoms with Crippen molar-refractivity contribution in [3.8, 4) is 11.5 Å². The number of aromatic hydroxyl groups is 1. The quantitative estimate of drug-likeness (QED) is 0.658. The molecule has 2 aromatic rings. The Morgan fingerprint density at radius 1 is 1.27 bits per heavy atom. The van der Waals surface area contributed by atoms with E-state index in [9.17, 15) is 9.90 Å². The third-order valence-electron chi connectivity index (χ3n) is 2.95. The Kier molecular flexibility index (Phi) is 5.14. The number of phenolic OH excluding ortho intramolecular Hbond substituents is 1. The summed E-state index contributed by atoms with van der Waals surface area (Å²) < 4.78 is 5.56. The SMILES string of the molecule is Cc1cccc(O[C@@H](C)C(=O)N/N=C/c2ccc(O)cc2)c1. The summed E-state index contributed by atoms with van der Waals surface area (Å²) in [5.41, 5.74) is 4.26. The first kappa shape index (κ1) is 15.6. The minimum absolute atomic E-state index is 0.182. The molecule has 0 aliphatic heterocycles. The predicted octanol–water partition coefficient (Wildman–Crippen LogP) is 2.62. The molecule has 0 saturated carbocycles. The van der Waals surface area contributed by atoms with Gasteiger partial charge < -0.3 is 9.84 Å². The number of ether oxygens (including phenoxy) is 1. The summed E-state index contributed by atoms with van der Waals surface area (Å²) in [6.45, 7) is 3.62. The molecule has 0 spiro atoms. The molecule has 114 valence electrons. The van der Waals surface area contributed by atoms with Gasteiger partial charge in [-0.2, -0.15) is 5.10 Å². The summed E-state index contributed by atoms with van der Waals surface area (Å²) >= 11 is 0. The van der Waals surface area contributed by atoms with Crippen molar-refractivity contribution in [3.63, 3.8) is 0 Å². The second-order valence-electron chi connectivity index (χ2n) is 4.90. The molecule has 2 aromatic carbocycles. The maximum atomic E-state index is 11.9. The van der Waals surface area contributed by atoms with Crippen LogP contribution >= 0.6 is 0 Å². The number of amides is 1.